The molecule has 0 aliphatic carbocycles. The lowest BCUT2D eigenvalue weighted by molar-refractivity contribution is 0.112. The van der Waals surface area contributed by atoms with Gasteiger partial charge in [-0.1, -0.05) is 0 Å². The Balaban J connectivity index is 2.57. The molecule has 1 aromatic carbocycles. The van der Waals surface area contributed by atoms with Gasteiger partial charge in [-0.05, 0) is 23.8 Å². The van der Waals surface area contributed by atoms with Gasteiger partial charge < -0.3 is 0 Å². The molecule has 78 valence electrons. The van der Waals surface area contributed by atoms with Gasteiger partial charge in [-0.15, -0.1) is 0 Å². The predicted octanol–water partition coefficient (Wildman–Crippen LogP) is 1.77. The van der Waals surface area contributed by atoms with Gasteiger partial charge in [0, 0.05) is 24.4 Å². The Kier molecular flexibility index (Phi) is 2.52. The molecule has 4 nitrogen and oxygen atoms in total. The average Bonchev–Trinajstić information content (AvgIpc) is 2.75. The van der Waals surface area contributed by atoms with E-state index in [0.717, 1.165) is 17.4 Å². The van der Waals surface area contributed by atoms with Crippen molar-refractivity contribution in [2.45, 2.75) is 0 Å². The molecule has 1 aromatic heterocycles. The fourth-order valence-corrected chi connectivity index (χ4v) is 1.52. The second-order valence-corrected chi connectivity index (χ2v) is 3.48. The van der Waals surface area contributed by atoms with E-state index in [4.69, 9.17) is 5.26 Å². The zero-order valence-corrected chi connectivity index (χ0v) is 8.71. The smallest absolute Gasteiger partial charge is 0.150 e. The molecular formula is C12H9N3O. The third-order valence-electron chi connectivity index (χ3n) is 2.26. The lowest BCUT2D eigenvalue weighted by atomic mass is 10.0. The van der Waals surface area contributed by atoms with Crippen molar-refractivity contribution >= 4 is 6.29 Å². The number of aryl methyl sites for hydroxylation is 1. The SMILES string of the molecule is Cn1cc(-c2cc(C#N)cc(C=O)c2)cn1. The monoisotopic (exact) mass is 211 g/mol. The fraction of sp³-hybridized carbons (Fsp3) is 0.0833. The number of benzene rings is 1. The van der Waals surface area contributed by atoms with E-state index in [0.29, 0.717) is 11.1 Å². The number of aldehydes is 1. The third-order valence-corrected chi connectivity index (χ3v) is 2.26. The van der Waals surface area contributed by atoms with Crippen molar-refractivity contribution in [2.24, 2.45) is 7.05 Å². The zero-order valence-electron chi connectivity index (χ0n) is 8.71. The summed E-state index contributed by atoms with van der Waals surface area (Å²) in [6.45, 7) is 0. The number of carbonyl (C=O) groups is 1. The van der Waals surface area contributed by atoms with Crippen LogP contribution in [0.3, 0.4) is 0 Å². The van der Waals surface area contributed by atoms with E-state index in [-0.39, 0.29) is 0 Å². The molecule has 0 saturated heterocycles. The molecule has 2 rings (SSSR count). The van der Waals surface area contributed by atoms with Crippen molar-refractivity contribution in [3.63, 3.8) is 0 Å². The van der Waals surface area contributed by atoms with Crippen molar-refractivity contribution in [1.82, 2.24) is 9.78 Å². The summed E-state index contributed by atoms with van der Waals surface area (Å²) in [6, 6.07) is 7.08. The summed E-state index contributed by atoms with van der Waals surface area (Å²) in [6.07, 6.45) is 4.27. The van der Waals surface area contributed by atoms with Crippen molar-refractivity contribution in [1.29, 1.82) is 5.26 Å². The van der Waals surface area contributed by atoms with Gasteiger partial charge >= 0.3 is 0 Å². The molecule has 0 saturated carbocycles. The Hall–Kier alpha value is -2.41. The second-order valence-electron chi connectivity index (χ2n) is 3.48. The molecule has 16 heavy (non-hydrogen) atoms. The first-order chi connectivity index (χ1) is 7.72. The van der Waals surface area contributed by atoms with Crippen LogP contribution in [0.5, 0.6) is 0 Å². The summed E-state index contributed by atoms with van der Waals surface area (Å²) < 4.78 is 1.68. The minimum Gasteiger partial charge on any atom is -0.298 e. The third kappa shape index (κ3) is 1.84. The largest absolute Gasteiger partial charge is 0.298 e. The number of nitrogens with zero attached hydrogens (tertiary/aromatic N) is 3. The second kappa shape index (κ2) is 3.99. The molecule has 0 unspecified atom stereocenters. The van der Waals surface area contributed by atoms with Crippen molar-refractivity contribution in [3.8, 4) is 17.2 Å². The minimum atomic E-state index is 0.475. The van der Waals surface area contributed by atoms with Gasteiger partial charge in [0.15, 0.2) is 0 Å². The maximum absolute atomic E-state index is 10.7. The van der Waals surface area contributed by atoms with E-state index in [1.54, 1.807) is 29.1 Å². The Morgan fingerprint density at radius 1 is 1.38 bits per heavy atom. The maximum atomic E-state index is 10.7. The molecule has 0 aliphatic heterocycles. The van der Waals surface area contributed by atoms with E-state index in [1.165, 1.54) is 0 Å². The van der Waals surface area contributed by atoms with Crippen LogP contribution in [-0.4, -0.2) is 16.1 Å². The van der Waals surface area contributed by atoms with E-state index < -0.39 is 0 Å². The van der Waals surface area contributed by atoms with Gasteiger partial charge in [0.05, 0.1) is 17.8 Å². The van der Waals surface area contributed by atoms with Gasteiger partial charge in [0.1, 0.15) is 6.29 Å². The molecule has 0 N–H and O–H groups in total. The number of carbonyl (C=O) groups excluding carboxylic acids is 1. The average molecular weight is 211 g/mol. The first-order valence-corrected chi connectivity index (χ1v) is 4.72. The summed E-state index contributed by atoms with van der Waals surface area (Å²) in [4.78, 5) is 10.7. The van der Waals surface area contributed by atoms with Crippen LogP contribution in [0.25, 0.3) is 11.1 Å². The lowest BCUT2D eigenvalue weighted by Gasteiger charge is -1.99. The van der Waals surface area contributed by atoms with Crippen molar-refractivity contribution in [2.75, 3.05) is 0 Å². The number of nitriles is 1. The molecule has 0 fully saturated rings. The number of aromatic nitrogens is 2. The van der Waals surface area contributed by atoms with E-state index >= 15 is 0 Å². The highest BCUT2D eigenvalue weighted by Crippen LogP contribution is 2.21. The van der Waals surface area contributed by atoms with Crippen LogP contribution in [0.1, 0.15) is 15.9 Å². The van der Waals surface area contributed by atoms with E-state index in [1.807, 2.05) is 19.3 Å². The van der Waals surface area contributed by atoms with Gasteiger partial charge in [-0.3, -0.25) is 9.48 Å². The molecular weight excluding hydrogens is 202 g/mol. The van der Waals surface area contributed by atoms with Crippen LogP contribution in [0.4, 0.5) is 0 Å². The molecule has 2 aromatic rings. The fourth-order valence-electron chi connectivity index (χ4n) is 1.52. The normalized spacial score (nSPS) is 9.75. The Morgan fingerprint density at radius 2 is 2.19 bits per heavy atom. The van der Waals surface area contributed by atoms with E-state index in [9.17, 15) is 4.79 Å². The van der Waals surface area contributed by atoms with Gasteiger partial charge in [0.2, 0.25) is 0 Å². The molecule has 1 heterocycles. The van der Waals surface area contributed by atoms with Crippen LogP contribution in [0.15, 0.2) is 30.6 Å². The van der Waals surface area contributed by atoms with E-state index in [2.05, 4.69) is 5.10 Å². The maximum Gasteiger partial charge on any atom is 0.150 e. The van der Waals surface area contributed by atoms with Gasteiger partial charge in [-0.2, -0.15) is 10.4 Å². The molecule has 0 atom stereocenters. The van der Waals surface area contributed by atoms with Crippen LogP contribution in [0, 0.1) is 11.3 Å². The molecule has 0 spiro atoms. The van der Waals surface area contributed by atoms with Crippen LogP contribution < -0.4 is 0 Å². The lowest BCUT2D eigenvalue weighted by Crippen LogP contribution is -1.86. The summed E-state index contributed by atoms with van der Waals surface area (Å²) >= 11 is 0. The van der Waals surface area contributed by atoms with Crippen LogP contribution >= 0.6 is 0 Å². The Bertz CT molecular complexity index is 578. The Morgan fingerprint density at radius 3 is 2.75 bits per heavy atom. The number of hydrogen-bond acceptors (Lipinski definition) is 3. The minimum absolute atomic E-state index is 0.475. The number of hydrogen-bond donors (Lipinski definition) is 0. The summed E-state index contributed by atoms with van der Waals surface area (Å²) in [5.74, 6) is 0. The van der Waals surface area contributed by atoms with Crippen molar-refractivity contribution < 1.29 is 4.79 Å². The summed E-state index contributed by atoms with van der Waals surface area (Å²) in [5.41, 5.74) is 2.69. The Labute approximate surface area is 92.7 Å². The van der Waals surface area contributed by atoms with Crippen LogP contribution in [0.2, 0.25) is 0 Å². The number of rotatable bonds is 2. The molecule has 0 radical (unpaired) electrons. The highest BCUT2D eigenvalue weighted by molar-refractivity contribution is 5.80. The summed E-state index contributed by atoms with van der Waals surface area (Å²) in [7, 11) is 1.82. The quantitative estimate of drug-likeness (QED) is 0.711. The highest BCUT2D eigenvalue weighted by atomic mass is 16.1. The summed E-state index contributed by atoms with van der Waals surface area (Å²) in [5, 5.41) is 12.9. The first-order valence-electron chi connectivity index (χ1n) is 4.72. The van der Waals surface area contributed by atoms with Crippen molar-refractivity contribution in [3.05, 3.63) is 41.7 Å². The zero-order chi connectivity index (χ0) is 11.5. The standard InChI is InChI=1S/C12H9N3O/c1-15-7-12(6-14-15)11-3-9(5-13)2-10(4-11)8-16/h2-4,6-8H,1H3. The molecule has 0 bridgehead atoms. The topological polar surface area (TPSA) is 58.7 Å². The molecule has 0 amide bonds. The predicted molar refractivity (Wildman–Crippen MR) is 58.7 cm³/mol. The van der Waals surface area contributed by atoms with Gasteiger partial charge in [-0.25, -0.2) is 0 Å². The molecule has 0 aliphatic rings. The highest BCUT2D eigenvalue weighted by Gasteiger charge is 2.04. The van der Waals surface area contributed by atoms with Gasteiger partial charge in [0.25, 0.3) is 0 Å². The molecule has 4 heteroatoms. The first kappa shape index (κ1) is 10.1. The van der Waals surface area contributed by atoms with Crippen LogP contribution in [-0.2, 0) is 7.05 Å².